The van der Waals surface area contributed by atoms with Crippen LogP contribution < -0.4 is 5.73 Å². The Morgan fingerprint density at radius 1 is 1.58 bits per heavy atom. The van der Waals surface area contributed by atoms with Gasteiger partial charge in [-0.3, -0.25) is 0 Å². The van der Waals surface area contributed by atoms with E-state index in [1.807, 2.05) is 0 Å². The molecule has 1 atom stereocenters. The maximum Gasteiger partial charge on any atom is 0.141 e. The van der Waals surface area contributed by atoms with E-state index in [9.17, 15) is 9.50 Å². The van der Waals surface area contributed by atoms with Gasteiger partial charge in [0.1, 0.15) is 11.6 Å². The summed E-state index contributed by atoms with van der Waals surface area (Å²) in [4.78, 5) is 0. The predicted molar refractivity (Wildman–Crippen MR) is 45.7 cm³/mol. The molecule has 1 rings (SSSR count). The third-order valence-electron chi connectivity index (χ3n) is 1.57. The summed E-state index contributed by atoms with van der Waals surface area (Å²) in [6.07, 6.45) is 0. The highest BCUT2D eigenvalue weighted by atomic mass is 35.5. The first-order valence-electron chi connectivity index (χ1n) is 3.46. The maximum absolute atomic E-state index is 13.0. The van der Waals surface area contributed by atoms with Gasteiger partial charge in [-0.25, -0.2) is 4.39 Å². The molecular weight excluding hydrogens is 181 g/mol. The first kappa shape index (κ1) is 9.29. The molecular formula is C8H9ClFNO. The van der Waals surface area contributed by atoms with Crippen molar-refractivity contribution in [3.8, 4) is 5.75 Å². The van der Waals surface area contributed by atoms with E-state index in [-0.39, 0.29) is 16.3 Å². The van der Waals surface area contributed by atoms with Gasteiger partial charge in [-0.2, -0.15) is 0 Å². The van der Waals surface area contributed by atoms with Gasteiger partial charge < -0.3 is 10.8 Å². The molecule has 0 radical (unpaired) electrons. The Morgan fingerprint density at radius 3 is 2.58 bits per heavy atom. The number of phenols is 1. The first-order valence-corrected chi connectivity index (χ1v) is 3.84. The molecule has 0 fully saturated rings. The molecule has 0 unspecified atom stereocenters. The van der Waals surface area contributed by atoms with Crippen molar-refractivity contribution in [1.29, 1.82) is 0 Å². The van der Waals surface area contributed by atoms with Crippen LogP contribution in [-0.2, 0) is 0 Å². The fourth-order valence-corrected chi connectivity index (χ4v) is 1.15. The van der Waals surface area contributed by atoms with Crippen LogP contribution in [0.3, 0.4) is 0 Å². The van der Waals surface area contributed by atoms with E-state index in [0.29, 0.717) is 0 Å². The monoisotopic (exact) mass is 189 g/mol. The van der Waals surface area contributed by atoms with Crippen molar-refractivity contribution in [2.24, 2.45) is 5.73 Å². The Morgan fingerprint density at radius 2 is 2.17 bits per heavy atom. The van der Waals surface area contributed by atoms with E-state index in [1.54, 1.807) is 6.92 Å². The number of phenolic OH excluding ortho intramolecular Hbond substituents is 1. The van der Waals surface area contributed by atoms with Crippen molar-refractivity contribution in [2.45, 2.75) is 13.0 Å². The summed E-state index contributed by atoms with van der Waals surface area (Å²) in [5.41, 5.74) is 5.48. The van der Waals surface area contributed by atoms with Crippen LogP contribution >= 0.6 is 11.6 Å². The molecule has 0 aliphatic rings. The summed E-state index contributed by atoms with van der Waals surface area (Å²) in [5, 5.41) is 9.41. The summed E-state index contributed by atoms with van der Waals surface area (Å²) in [5.74, 6) is -0.807. The highest BCUT2D eigenvalue weighted by Crippen LogP contribution is 2.32. The van der Waals surface area contributed by atoms with Gasteiger partial charge in [0.2, 0.25) is 0 Å². The molecule has 66 valence electrons. The van der Waals surface area contributed by atoms with Crippen LogP contribution in [0.2, 0.25) is 5.02 Å². The van der Waals surface area contributed by atoms with Crippen molar-refractivity contribution in [3.05, 3.63) is 28.5 Å². The molecule has 12 heavy (non-hydrogen) atoms. The van der Waals surface area contributed by atoms with Crippen molar-refractivity contribution in [2.75, 3.05) is 0 Å². The zero-order chi connectivity index (χ0) is 9.30. The molecule has 0 aliphatic heterocycles. The van der Waals surface area contributed by atoms with Gasteiger partial charge in [0, 0.05) is 11.6 Å². The molecule has 0 heterocycles. The smallest absolute Gasteiger partial charge is 0.141 e. The van der Waals surface area contributed by atoms with Crippen molar-refractivity contribution in [3.63, 3.8) is 0 Å². The molecule has 2 nitrogen and oxygen atoms in total. The van der Waals surface area contributed by atoms with E-state index >= 15 is 0 Å². The fraction of sp³-hybridized carbons (Fsp3) is 0.250. The third-order valence-corrected chi connectivity index (χ3v) is 1.87. The molecule has 0 aliphatic carbocycles. The molecule has 0 bridgehead atoms. The Labute approximate surface area is 74.8 Å². The van der Waals surface area contributed by atoms with Crippen LogP contribution in [0.4, 0.5) is 4.39 Å². The summed E-state index contributed by atoms with van der Waals surface area (Å²) < 4.78 is 13.0. The highest BCUT2D eigenvalue weighted by Gasteiger charge is 2.14. The standard InChI is InChI=1S/C8H9ClFNO/c1-4(11)7-6(10)3-2-5(9)8(7)12/h2-4,12H,11H2,1H3/t4-/m0/s1. The second-order valence-corrected chi connectivity index (χ2v) is 2.99. The van der Waals surface area contributed by atoms with Crippen LogP contribution in [-0.4, -0.2) is 5.11 Å². The molecule has 0 aromatic heterocycles. The predicted octanol–water partition coefficient (Wildman–Crippen LogP) is 2.20. The summed E-state index contributed by atoms with van der Waals surface area (Å²) in [6, 6.07) is 1.91. The number of halogens is 2. The molecule has 3 N–H and O–H groups in total. The summed E-state index contributed by atoms with van der Waals surface area (Å²) in [7, 11) is 0. The lowest BCUT2D eigenvalue weighted by molar-refractivity contribution is 0.452. The topological polar surface area (TPSA) is 46.2 Å². The number of nitrogens with two attached hydrogens (primary N) is 1. The Bertz CT molecular complexity index is 301. The average Bonchev–Trinajstić information content (AvgIpc) is 1.97. The molecule has 1 aromatic rings. The van der Waals surface area contributed by atoms with E-state index in [2.05, 4.69) is 0 Å². The summed E-state index contributed by atoms with van der Waals surface area (Å²) in [6.45, 7) is 1.58. The lowest BCUT2D eigenvalue weighted by Gasteiger charge is -2.10. The molecule has 0 saturated carbocycles. The molecule has 0 amide bonds. The van der Waals surface area contributed by atoms with Crippen molar-refractivity contribution in [1.82, 2.24) is 0 Å². The number of aromatic hydroxyl groups is 1. The highest BCUT2D eigenvalue weighted by molar-refractivity contribution is 6.32. The van der Waals surface area contributed by atoms with Gasteiger partial charge in [0.15, 0.2) is 0 Å². The Kier molecular flexibility index (Phi) is 2.55. The number of rotatable bonds is 1. The zero-order valence-electron chi connectivity index (χ0n) is 6.51. The quantitative estimate of drug-likeness (QED) is 0.712. The molecule has 1 aromatic carbocycles. The fourth-order valence-electron chi connectivity index (χ4n) is 0.990. The van der Waals surface area contributed by atoms with Crippen LogP contribution in [0.5, 0.6) is 5.75 Å². The van der Waals surface area contributed by atoms with E-state index in [4.69, 9.17) is 17.3 Å². The number of benzene rings is 1. The van der Waals surface area contributed by atoms with Gasteiger partial charge in [-0.05, 0) is 19.1 Å². The van der Waals surface area contributed by atoms with Crippen molar-refractivity contribution >= 4 is 11.6 Å². The van der Waals surface area contributed by atoms with Gasteiger partial charge in [0.05, 0.1) is 5.02 Å². The van der Waals surface area contributed by atoms with Gasteiger partial charge >= 0.3 is 0 Å². The summed E-state index contributed by atoms with van der Waals surface area (Å²) >= 11 is 5.56. The van der Waals surface area contributed by atoms with E-state index in [0.717, 1.165) is 0 Å². The average molecular weight is 190 g/mol. The lowest BCUT2D eigenvalue weighted by atomic mass is 10.1. The molecule has 4 heteroatoms. The largest absolute Gasteiger partial charge is 0.506 e. The first-order chi connectivity index (χ1) is 5.54. The second-order valence-electron chi connectivity index (χ2n) is 2.58. The normalized spacial score (nSPS) is 13.0. The number of hydrogen-bond donors (Lipinski definition) is 2. The van der Waals surface area contributed by atoms with Gasteiger partial charge in [-0.1, -0.05) is 11.6 Å². The van der Waals surface area contributed by atoms with Gasteiger partial charge in [0.25, 0.3) is 0 Å². The van der Waals surface area contributed by atoms with Gasteiger partial charge in [-0.15, -0.1) is 0 Å². The Balaban J connectivity index is 3.33. The van der Waals surface area contributed by atoms with Crippen LogP contribution in [0.15, 0.2) is 12.1 Å². The van der Waals surface area contributed by atoms with Crippen LogP contribution in [0, 0.1) is 5.82 Å². The molecule has 0 spiro atoms. The van der Waals surface area contributed by atoms with E-state index < -0.39 is 11.9 Å². The minimum Gasteiger partial charge on any atom is -0.506 e. The van der Waals surface area contributed by atoms with Crippen LogP contribution in [0.1, 0.15) is 18.5 Å². The van der Waals surface area contributed by atoms with E-state index in [1.165, 1.54) is 12.1 Å². The number of hydrogen-bond acceptors (Lipinski definition) is 2. The molecule has 0 saturated heterocycles. The second kappa shape index (κ2) is 3.29. The Hall–Kier alpha value is -0.800. The third kappa shape index (κ3) is 1.52. The minimum absolute atomic E-state index is 0.0579. The maximum atomic E-state index is 13.0. The lowest BCUT2D eigenvalue weighted by Crippen LogP contribution is -2.07. The minimum atomic E-state index is -0.566. The van der Waals surface area contributed by atoms with Crippen molar-refractivity contribution < 1.29 is 9.50 Å². The SMILES string of the molecule is C[C@H](N)c1c(F)ccc(Cl)c1O. The zero-order valence-corrected chi connectivity index (χ0v) is 7.27. The van der Waals surface area contributed by atoms with Crippen LogP contribution in [0.25, 0.3) is 0 Å².